The average Bonchev–Trinajstić information content (AvgIpc) is 0.688. The van der Waals surface area contributed by atoms with Crippen LogP contribution in [0.3, 0.4) is 0 Å². The highest BCUT2D eigenvalue weighted by molar-refractivity contribution is 9.11. The molecule has 24 heteroatoms. The highest BCUT2D eigenvalue weighted by atomic mass is 79.9. The Kier molecular flexibility index (Phi) is 14.2. The summed E-state index contributed by atoms with van der Waals surface area (Å²) >= 11 is 22.7. The van der Waals surface area contributed by atoms with Gasteiger partial charge in [-0.25, -0.2) is 29.9 Å². The van der Waals surface area contributed by atoms with E-state index in [0.717, 1.165) is 168 Å². The molecular weight excluding hydrogens is 1970 g/mol. The standard InChI is InChI=1S/3C34H14Br2N4O2/c35-19-13-18-28-27-17(33(41)39-23-11-3-7-15-5-1-9-21(25(15)23)37-31(39)29(19)27)14-20(36)30(28)32-38-22-10-2-6-16-8-4-12-24(26(16)22)40(32)34(18)42;35-19-14-18-27-17(31-37-21-9-1-5-15-7-3-11-23(25(15)21)39(31)33(18)41)13-20(36)29-30(27)28(19)32-38-22-10-2-6-16-8-4-12-24(26(16)22)40(32)34(29)42;35-19-13-17-27-28-18(33(41)40-24-12-4-8-16-6-2-10-22(26(16)24)38-32(40)29(19)28)14-20(36)30(27)34(42)39-23-11-3-7-15-5-1-9-21(25(15)23)37-31(17)39/h3*1-14H. The lowest BCUT2D eigenvalue weighted by Crippen LogP contribution is -2.20. The van der Waals surface area contributed by atoms with E-state index in [4.69, 9.17) is 29.9 Å². The fourth-order valence-corrected chi connectivity index (χ4v) is 24.8. The maximum atomic E-state index is 14.5. The van der Waals surface area contributed by atoms with Crippen molar-refractivity contribution in [2.24, 2.45) is 0 Å². The highest BCUT2D eigenvalue weighted by Crippen LogP contribution is 2.49. The minimum atomic E-state index is -0.193. The molecule has 18 aromatic carbocycles. The van der Waals surface area contributed by atoms with Gasteiger partial charge in [0.05, 0.1) is 98.5 Å². The molecule has 12 heterocycles. The SMILES string of the molecule is O=c1c2c(Br)cc3c(=O)n4c5cccc6cccc(nc4c4c(Br)cc(c2c34)c2nc3cccc4cccc(c43)n12)c65.O=c1c2cc(Br)c3c4c(c(Br)cc(c24)c2nc4cccc5cccc(c54)n12)c(=O)n1c2cccc4cccc(nc31)c42.O=c1c2cc(Br)c3c4c(cc(Br)c(c24)c2nc4cccc5cccc(c54)n12)c(=O)n1c2cccc4cccc(nc31)c42. The van der Waals surface area contributed by atoms with Crippen molar-refractivity contribution >= 4 is 357 Å². The Morgan fingerprint density at radius 2 is 0.349 bits per heavy atom. The van der Waals surface area contributed by atoms with Crippen molar-refractivity contribution in [3.8, 4) is 0 Å². The third-order valence-corrected chi connectivity index (χ3v) is 29.9. The number of halogens is 6. The molecule has 30 rings (SSSR count). The summed E-state index contributed by atoms with van der Waals surface area (Å²) in [7, 11) is 0. The average molecular weight is 2010 g/mol. The molecule has 0 amide bonds. The maximum Gasteiger partial charge on any atom is 0.265 e. The van der Waals surface area contributed by atoms with Gasteiger partial charge in [-0.3, -0.25) is 55.2 Å². The Labute approximate surface area is 750 Å². The number of fused-ring (bicyclic) bond motifs is 18. The molecule has 588 valence electrons. The van der Waals surface area contributed by atoms with E-state index >= 15 is 0 Å². The number of pyridine rings is 6. The molecule has 12 aromatic heterocycles. The molecule has 0 aliphatic carbocycles. The van der Waals surface area contributed by atoms with Crippen LogP contribution >= 0.6 is 95.6 Å². The van der Waals surface area contributed by atoms with Gasteiger partial charge in [0.25, 0.3) is 33.4 Å². The summed E-state index contributed by atoms with van der Waals surface area (Å²) in [5.74, 6) is 0. The molecule has 0 bridgehead atoms. The normalized spacial score (nSPS) is 12.7. The second-order valence-electron chi connectivity index (χ2n) is 32.3. The zero-order valence-corrected chi connectivity index (χ0v) is 73.8. The molecule has 0 aliphatic heterocycles. The minimum Gasteiger partial charge on any atom is -0.268 e. The second kappa shape index (κ2) is 25.0. The van der Waals surface area contributed by atoms with Crippen molar-refractivity contribution in [2.75, 3.05) is 0 Å². The third kappa shape index (κ3) is 8.96. The fraction of sp³-hybridized carbons (Fsp3) is 0. The lowest BCUT2D eigenvalue weighted by molar-refractivity contribution is 1.14. The Morgan fingerprint density at radius 3 is 0.627 bits per heavy atom. The maximum absolute atomic E-state index is 14.5. The molecule has 0 radical (unpaired) electrons. The zero-order valence-electron chi connectivity index (χ0n) is 64.3. The van der Waals surface area contributed by atoms with Gasteiger partial charge in [-0.05, 0) is 237 Å². The van der Waals surface area contributed by atoms with Gasteiger partial charge in [0.2, 0.25) is 0 Å². The first-order valence-corrected chi connectivity index (χ1v) is 45.0. The van der Waals surface area contributed by atoms with Crippen molar-refractivity contribution < 1.29 is 0 Å². The fourth-order valence-electron chi connectivity index (χ4n) is 21.2. The first kappa shape index (κ1) is 71.4. The van der Waals surface area contributed by atoms with Crippen LogP contribution in [0.4, 0.5) is 0 Å². The molecule has 0 saturated carbocycles. The quantitative estimate of drug-likeness (QED) is 0.103. The van der Waals surface area contributed by atoms with Crippen LogP contribution in [0.2, 0.25) is 0 Å². The Hall–Kier alpha value is -14.0. The summed E-state index contributed by atoms with van der Waals surface area (Å²) in [5.41, 5.74) is 11.8. The van der Waals surface area contributed by atoms with Gasteiger partial charge in [-0.1, -0.05) is 146 Å². The van der Waals surface area contributed by atoms with Gasteiger partial charge in [0.15, 0.2) is 0 Å². The van der Waals surface area contributed by atoms with Gasteiger partial charge < -0.3 is 0 Å². The first-order chi connectivity index (χ1) is 61.5. The molecule has 0 atom stereocenters. The van der Waals surface area contributed by atoms with Gasteiger partial charge in [0, 0.05) is 124 Å². The van der Waals surface area contributed by atoms with E-state index in [9.17, 15) is 28.8 Å². The van der Waals surface area contributed by atoms with Crippen LogP contribution in [0.5, 0.6) is 0 Å². The van der Waals surface area contributed by atoms with Crippen LogP contribution in [0.15, 0.2) is 310 Å². The molecule has 0 N–H and O–H groups in total. The number of nitrogens with zero attached hydrogens (tertiary/aromatic N) is 12. The van der Waals surface area contributed by atoms with Gasteiger partial charge in [-0.15, -0.1) is 0 Å². The number of aromatic nitrogens is 12. The first-order valence-electron chi connectivity index (χ1n) is 40.2. The highest BCUT2D eigenvalue weighted by Gasteiger charge is 2.32. The van der Waals surface area contributed by atoms with Crippen LogP contribution in [0.25, 0.3) is 262 Å². The molecule has 0 unspecified atom stereocenters. The van der Waals surface area contributed by atoms with Crippen molar-refractivity contribution in [1.82, 2.24) is 56.3 Å². The summed E-state index contributed by atoms with van der Waals surface area (Å²) in [6, 6.07) is 83.0. The summed E-state index contributed by atoms with van der Waals surface area (Å²) in [4.78, 5) is 117. The topological polar surface area (TPSA) is 206 Å². The predicted molar refractivity (Wildman–Crippen MR) is 530 cm³/mol. The van der Waals surface area contributed by atoms with E-state index in [-0.39, 0.29) is 33.4 Å². The van der Waals surface area contributed by atoms with E-state index in [2.05, 4.69) is 95.6 Å². The van der Waals surface area contributed by atoms with E-state index in [1.807, 2.05) is 249 Å². The number of benzene rings is 18. The lowest BCUT2D eigenvalue weighted by Gasteiger charge is -2.19. The summed E-state index contributed by atoms with van der Waals surface area (Å²) in [6.45, 7) is 0. The molecular formula is C102H42Br6N12O6. The zero-order chi connectivity index (χ0) is 84.0. The lowest BCUT2D eigenvalue weighted by atomic mass is 9.95. The smallest absolute Gasteiger partial charge is 0.265 e. The molecule has 126 heavy (non-hydrogen) atoms. The van der Waals surface area contributed by atoms with Crippen LogP contribution in [0.1, 0.15) is 0 Å². The Balaban J connectivity index is 0.0000000961. The minimum absolute atomic E-state index is 0.181. The van der Waals surface area contributed by atoms with Crippen LogP contribution in [0, 0.1) is 0 Å². The summed E-state index contributed by atoms with van der Waals surface area (Å²) < 4.78 is 14.3. The van der Waals surface area contributed by atoms with Crippen molar-refractivity contribution in [3.63, 3.8) is 0 Å². The molecule has 0 fully saturated rings. The van der Waals surface area contributed by atoms with E-state index in [1.165, 1.54) is 0 Å². The second-order valence-corrected chi connectivity index (χ2v) is 37.4. The molecule has 18 nitrogen and oxygen atoms in total. The predicted octanol–water partition coefficient (Wildman–Crippen LogP) is 24.5. The van der Waals surface area contributed by atoms with E-state index in [0.29, 0.717) is 121 Å². The monoisotopic (exact) mass is 2000 g/mol. The number of hydrogen-bond donors (Lipinski definition) is 0. The van der Waals surface area contributed by atoms with Gasteiger partial charge in [0.1, 0.15) is 33.9 Å². The van der Waals surface area contributed by atoms with Gasteiger partial charge in [-0.2, -0.15) is 0 Å². The molecule has 30 aromatic rings. The van der Waals surface area contributed by atoms with Crippen molar-refractivity contribution in [3.05, 3.63) is 344 Å². The third-order valence-electron chi connectivity index (χ3n) is 26.1. The van der Waals surface area contributed by atoms with E-state index in [1.54, 1.807) is 32.5 Å². The van der Waals surface area contributed by atoms with Crippen molar-refractivity contribution in [2.45, 2.75) is 0 Å². The number of hydrogen-bond acceptors (Lipinski definition) is 12. The summed E-state index contributed by atoms with van der Waals surface area (Å²) in [5, 5.41) is 23.7. The van der Waals surface area contributed by atoms with Crippen LogP contribution < -0.4 is 33.4 Å². The van der Waals surface area contributed by atoms with Crippen LogP contribution in [-0.4, -0.2) is 56.3 Å². The molecule has 0 spiro atoms. The largest absolute Gasteiger partial charge is 0.268 e. The molecule has 0 saturated heterocycles. The number of rotatable bonds is 0. The van der Waals surface area contributed by atoms with E-state index < -0.39 is 0 Å². The molecule has 0 aliphatic rings. The van der Waals surface area contributed by atoms with Crippen LogP contribution in [-0.2, 0) is 0 Å². The van der Waals surface area contributed by atoms with Crippen molar-refractivity contribution in [1.29, 1.82) is 0 Å². The van der Waals surface area contributed by atoms with Gasteiger partial charge >= 0.3 is 0 Å². The summed E-state index contributed by atoms with van der Waals surface area (Å²) in [6.07, 6.45) is 0. The Bertz CT molecular complexity index is 10300. The Morgan fingerprint density at radius 1 is 0.167 bits per heavy atom.